The molecule has 0 aliphatic heterocycles. The van der Waals surface area contributed by atoms with Gasteiger partial charge in [-0.05, 0) is 23.7 Å². The van der Waals surface area contributed by atoms with Gasteiger partial charge in [-0.15, -0.1) is 0 Å². The fourth-order valence-corrected chi connectivity index (χ4v) is 2.09. The number of fused-ring (bicyclic) bond motifs is 1. The van der Waals surface area contributed by atoms with E-state index in [0.717, 1.165) is 16.8 Å². The second-order valence-corrected chi connectivity index (χ2v) is 3.96. The van der Waals surface area contributed by atoms with Crippen molar-refractivity contribution in [2.75, 3.05) is 0 Å². The highest BCUT2D eigenvalue weighted by atomic mass is 32.1. The zero-order valence-corrected chi connectivity index (χ0v) is 8.74. The Labute approximate surface area is 91.4 Å². The summed E-state index contributed by atoms with van der Waals surface area (Å²) in [6.45, 7) is 0. The van der Waals surface area contributed by atoms with Gasteiger partial charge in [-0.1, -0.05) is 24.3 Å². The number of rotatable bonds is 1. The van der Waals surface area contributed by atoms with Gasteiger partial charge in [0.1, 0.15) is 0 Å². The molecule has 0 unspecified atom stereocenters. The summed E-state index contributed by atoms with van der Waals surface area (Å²) in [5.41, 5.74) is 3.11. The molecule has 2 aromatic heterocycles. The maximum absolute atomic E-state index is 4.58. The first-order valence-electron chi connectivity index (χ1n) is 4.69. The molecule has 0 amide bonds. The van der Waals surface area contributed by atoms with Crippen LogP contribution in [0.25, 0.3) is 22.2 Å². The fourth-order valence-electron chi connectivity index (χ4n) is 1.56. The predicted molar refractivity (Wildman–Crippen MR) is 62.9 cm³/mol. The van der Waals surface area contributed by atoms with Gasteiger partial charge in [0.2, 0.25) is 0 Å². The first-order chi connectivity index (χ1) is 7.43. The van der Waals surface area contributed by atoms with Crippen LogP contribution in [0.15, 0.2) is 48.0 Å². The molecule has 0 atom stereocenters. The molecule has 0 radical (unpaired) electrons. The van der Waals surface area contributed by atoms with Crippen LogP contribution in [0.3, 0.4) is 0 Å². The summed E-state index contributed by atoms with van der Waals surface area (Å²) in [4.78, 5) is 4.58. The van der Waals surface area contributed by atoms with E-state index < -0.39 is 0 Å². The maximum atomic E-state index is 4.58. The molecule has 2 heterocycles. The lowest BCUT2D eigenvalue weighted by Crippen LogP contribution is -1.82. The Morgan fingerprint density at radius 3 is 2.80 bits per heavy atom. The van der Waals surface area contributed by atoms with Gasteiger partial charge in [0.15, 0.2) is 0 Å². The van der Waals surface area contributed by atoms with Gasteiger partial charge in [0, 0.05) is 16.3 Å². The number of hydrogen-bond donors (Lipinski definition) is 0. The summed E-state index contributed by atoms with van der Waals surface area (Å²) in [5, 5.41) is 3.18. The quantitative estimate of drug-likeness (QED) is 0.618. The highest BCUT2D eigenvalue weighted by molar-refractivity contribution is 7.03. The fraction of sp³-hybridized carbons (Fsp3) is 0. The Kier molecular flexibility index (Phi) is 1.96. The highest BCUT2D eigenvalue weighted by Gasteiger charge is 2.01. The molecule has 0 aliphatic carbocycles. The number of hydrogen-bond acceptors (Lipinski definition) is 3. The number of benzene rings is 1. The maximum Gasteiger partial charge on any atom is 0.0734 e. The molecule has 0 aliphatic rings. The summed E-state index contributed by atoms with van der Waals surface area (Å²) in [6.07, 6.45) is 1.85. The molecule has 0 N–H and O–H groups in total. The third-order valence-electron chi connectivity index (χ3n) is 2.33. The van der Waals surface area contributed by atoms with E-state index in [1.807, 2.05) is 35.8 Å². The third kappa shape index (κ3) is 1.51. The van der Waals surface area contributed by atoms with E-state index in [9.17, 15) is 0 Å². The Hall–Kier alpha value is -1.74. The topological polar surface area (TPSA) is 25.8 Å². The van der Waals surface area contributed by atoms with Gasteiger partial charge in [-0.25, -0.2) is 9.36 Å². The van der Waals surface area contributed by atoms with Crippen LogP contribution >= 0.6 is 11.5 Å². The Balaban J connectivity index is 2.22. The van der Waals surface area contributed by atoms with Crippen molar-refractivity contribution in [3.05, 3.63) is 48.0 Å². The van der Waals surface area contributed by atoms with E-state index in [2.05, 4.69) is 21.5 Å². The van der Waals surface area contributed by atoms with Crippen LogP contribution in [0.2, 0.25) is 0 Å². The van der Waals surface area contributed by atoms with Crippen molar-refractivity contribution in [1.29, 1.82) is 0 Å². The van der Waals surface area contributed by atoms with Crippen LogP contribution in [-0.4, -0.2) is 9.36 Å². The minimum Gasteiger partial charge on any atom is -0.248 e. The summed E-state index contributed by atoms with van der Waals surface area (Å²) in [5.74, 6) is 0. The first kappa shape index (κ1) is 8.56. The molecule has 0 saturated carbocycles. The SMILES string of the molecule is c1ccc2nc(-c3cnsc3)ccc2c1. The number of aromatic nitrogens is 2. The molecule has 0 spiro atoms. The van der Waals surface area contributed by atoms with E-state index in [1.54, 1.807) is 0 Å². The minimum atomic E-state index is 0.988. The summed E-state index contributed by atoms with van der Waals surface area (Å²) >= 11 is 1.45. The molecule has 0 fully saturated rings. The van der Waals surface area contributed by atoms with E-state index in [4.69, 9.17) is 0 Å². The van der Waals surface area contributed by atoms with Crippen LogP contribution in [0.4, 0.5) is 0 Å². The van der Waals surface area contributed by atoms with Crippen LogP contribution in [0, 0.1) is 0 Å². The molecule has 3 aromatic rings. The highest BCUT2D eigenvalue weighted by Crippen LogP contribution is 2.21. The minimum absolute atomic E-state index is 0.988. The molecular weight excluding hydrogens is 204 g/mol. The largest absolute Gasteiger partial charge is 0.248 e. The van der Waals surface area contributed by atoms with Crippen LogP contribution < -0.4 is 0 Å². The van der Waals surface area contributed by atoms with Gasteiger partial charge in [-0.3, -0.25) is 0 Å². The van der Waals surface area contributed by atoms with Crippen molar-refractivity contribution in [3.63, 3.8) is 0 Å². The number of para-hydroxylation sites is 1. The average molecular weight is 212 g/mol. The van der Waals surface area contributed by atoms with E-state index >= 15 is 0 Å². The molecule has 72 valence electrons. The van der Waals surface area contributed by atoms with Gasteiger partial charge >= 0.3 is 0 Å². The lowest BCUT2D eigenvalue weighted by molar-refractivity contribution is 1.40. The van der Waals surface area contributed by atoms with Crippen molar-refractivity contribution < 1.29 is 0 Å². The monoisotopic (exact) mass is 212 g/mol. The van der Waals surface area contributed by atoms with Crippen molar-refractivity contribution in [2.24, 2.45) is 0 Å². The Morgan fingerprint density at radius 1 is 1.00 bits per heavy atom. The summed E-state index contributed by atoms with van der Waals surface area (Å²) in [6, 6.07) is 12.2. The first-order valence-corrected chi connectivity index (χ1v) is 5.53. The Bertz CT molecular complexity index is 587. The Morgan fingerprint density at radius 2 is 1.93 bits per heavy atom. The number of pyridine rings is 1. The summed E-state index contributed by atoms with van der Waals surface area (Å²) in [7, 11) is 0. The zero-order chi connectivity index (χ0) is 10.1. The molecule has 1 aromatic carbocycles. The molecule has 3 rings (SSSR count). The van der Waals surface area contributed by atoms with Crippen LogP contribution in [-0.2, 0) is 0 Å². The van der Waals surface area contributed by atoms with Crippen molar-refractivity contribution >= 4 is 22.4 Å². The lowest BCUT2D eigenvalue weighted by atomic mass is 10.1. The van der Waals surface area contributed by atoms with Crippen LogP contribution in [0.5, 0.6) is 0 Å². The third-order valence-corrected chi connectivity index (χ3v) is 2.91. The van der Waals surface area contributed by atoms with E-state index in [-0.39, 0.29) is 0 Å². The number of nitrogens with zero attached hydrogens (tertiary/aromatic N) is 2. The predicted octanol–water partition coefficient (Wildman–Crippen LogP) is 3.36. The van der Waals surface area contributed by atoms with Crippen molar-refractivity contribution in [2.45, 2.75) is 0 Å². The summed E-state index contributed by atoms with van der Waals surface area (Å²) < 4.78 is 4.08. The van der Waals surface area contributed by atoms with Crippen molar-refractivity contribution in [3.8, 4) is 11.3 Å². The molecule has 15 heavy (non-hydrogen) atoms. The molecule has 0 bridgehead atoms. The van der Waals surface area contributed by atoms with Crippen LogP contribution in [0.1, 0.15) is 0 Å². The second kappa shape index (κ2) is 3.44. The van der Waals surface area contributed by atoms with E-state index in [1.165, 1.54) is 16.9 Å². The molecule has 2 nitrogen and oxygen atoms in total. The second-order valence-electron chi connectivity index (χ2n) is 3.30. The lowest BCUT2D eigenvalue weighted by Gasteiger charge is -1.99. The smallest absolute Gasteiger partial charge is 0.0734 e. The van der Waals surface area contributed by atoms with Crippen molar-refractivity contribution in [1.82, 2.24) is 9.36 Å². The van der Waals surface area contributed by atoms with Gasteiger partial charge in [0.05, 0.1) is 17.4 Å². The van der Waals surface area contributed by atoms with Gasteiger partial charge < -0.3 is 0 Å². The average Bonchev–Trinajstić information content (AvgIpc) is 2.82. The van der Waals surface area contributed by atoms with Gasteiger partial charge in [0.25, 0.3) is 0 Å². The normalized spacial score (nSPS) is 10.7. The van der Waals surface area contributed by atoms with Gasteiger partial charge in [-0.2, -0.15) is 0 Å². The van der Waals surface area contributed by atoms with E-state index in [0.29, 0.717) is 0 Å². The molecule has 0 saturated heterocycles. The molecular formula is C12H8N2S. The molecule has 3 heteroatoms. The standard InChI is InChI=1S/C12H8N2S/c1-2-4-11-9(3-1)5-6-12(14-11)10-7-13-15-8-10/h1-8H. The zero-order valence-electron chi connectivity index (χ0n) is 7.92.